The van der Waals surface area contributed by atoms with Crippen LogP contribution in [-0.4, -0.2) is 37.7 Å². The molecule has 0 unspecified atom stereocenters. The van der Waals surface area contributed by atoms with Crippen molar-refractivity contribution in [3.05, 3.63) is 34.3 Å². The van der Waals surface area contributed by atoms with Gasteiger partial charge in [-0.15, -0.1) is 0 Å². The molecule has 0 N–H and O–H groups in total. The van der Waals surface area contributed by atoms with Crippen LogP contribution in [0.2, 0.25) is 0 Å². The molecule has 1 aromatic rings. The van der Waals surface area contributed by atoms with E-state index in [1.807, 2.05) is 0 Å². The fourth-order valence-corrected chi connectivity index (χ4v) is 2.19. The molecular formula is C16H17BrO6. The van der Waals surface area contributed by atoms with Crippen molar-refractivity contribution in [2.45, 2.75) is 19.3 Å². The van der Waals surface area contributed by atoms with E-state index >= 15 is 0 Å². The van der Waals surface area contributed by atoms with Gasteiger partial charge in [0.25, 0.3) is 0 Å². The smallest absolute Gasteiger partial charge is 0.320 e. The Bertz CT molecular complexity index is 577. The predicted octanol–water partition coefficient (Wildman–Crippen LogP) is 2.33. The van der Waals surface area contributed by atoms with E-state index in [-0.39, 0.29) is 30.8 Å². The van der Waals surface area contributed by atoms with Crippen molar-refractivity contribution in [3.8, 4) is 0 Å². The molecule has 0 saturated carbocycles. The van der Waals surface area contributed by atoms with Crippen molar-refractivity contribution < 1.29 is 28.7 Å². The van der Waals surface area contributed by atoms with Gasteiger partial charge in [-0.2, -0.15) is 0 Å². The van der Waals surface area contributed by atoms with Crippen molar-refractivity contribution in [1.29, 1.82) is 0 Å². The molecule has 0 aromatic heterocycles. The quantitative estimate of drug-likeness (QED) is 0.388. The Hall–Kier alpha value is -2.02. The Morgan fingerprint density at radius 1 is 1.00 bits per heavy atom. The molecule has 124 valence electrons. The van der Waals surface area contributed by atoms with Crippen LogP contribution >= 0.6 is 15.9 Å². The first-order valence-corrected chi connectivity index (χ1v) is 7.64. The molecule has 0 aliphatic heterocycles. The number of halogens is 1. The summed E-state index contributed by atoms with van der Waals surface area (Å²) in [4.78, 5) is 46.8. The second-order valence-corrected chi connectivity index (χ2v) is 5.70. The fraction of sp³-hybridized carbons (Fsp3) is 0.375. The van der Waals surface area contributed by atoms with Crippen LogP contribution < -0.4 is 0 Å². The molecule has 23 heavy (non-hydrogen) atoms. The molecule has 0 bridgehead atoms. The molecular weight excluding hydrogens is 368 g/mol. The Morgan fingerprint density at radius 2 is 1.52 bits per heavy atom. The number of carbonyl (C=O) groups is 4. The van der Waals surface area contributed by atoms with Crippen LogP contribution in [0.3, 0.4) is 0 Å². The maximum atomic E-state index is 12.0. The lowest BCUT2D eigenvalue weighted by molar-refractivity contribution is -0.159. The van der Waals surface area contributed by atoms with Gasteiger partial charge in [0.05, 0.1) is 20.6 Å². The first kappa shape index (κ1) is 19.0. The average molecular weight is 385 g/mol. The van der Waals surface area contributed by atoms with E-state index < -0.39 is 17.9 Å². The summed E-state index contributed by atoms with van der Waals surface area (Å²) in [5, 5.41) is 0. The largest absolute Gasteiger partial charge is 0.468 e. The van der Waals surface area contributed by atoms with Gasteiger partial charge in [-0.05, 0) is 18.6 Å². The number of carbonyl (C=O) groups excluding carboxylic acids is 4. The molecule has 0 amide bonds. The minimum atomic E-state index is -1.16. The molecule has 0 spiro atoms. The van der Waals surface area contributed by atoms with Gasteiger partial charge in [-0.1, -0.05) is 28.1 Å². The number of methoxy groups -OCH3 is 2. The number of Topliss-reactive ketones (excluding diaryl/α,β-unsaturated/α-hetero) is 2. The summed E-state index contributed by atoms with van der Waals surface area (Å²) in [6.07, 6.45) is -0.417. The molecule has 0 atom stereocenters. The van der Waals surface area contributed by atoms with Crippen molar-refractivity contribution in [1.82, 2.24) is 0 Å². The molecule has 1 aromatic carbocycles. The molecule has 7 heteroatoms. The molecule has 0 fully saturated rings. The summed E-state index contributed by atoms with van der Waals surface area (Å²) in [6.45, 7) is 0. The normalized spacial score (nSPS) is 10.3. The highest BCUT2D eigenvalue weighted by atomic mass is 79.9. The maximum Gasteiger partial charge on any atom is 0.320 e. The lowest BCUT2D eigenvalue weighted by Crippen LogP contribution is -2.27. The third-order valence-corrected chi connectivity index (χ3v) is 3.74. The van der Waals surface area contributed by atoms with Crippen LogP contribution in [0.4, 0.5) is 0 Å². The molecule has 0 aliphatic rings. The van der Waals surface area contributed by atoms with Crippen LogP contribution in [0.15, 0.2) is 28.7 Å². The molecule has 6 nitrogen and oxygen atoms in total. The third-order valence-electron chi connectivity index (χ3n) is 3.21. The number of benzene rings is 1. The number of ether oxygens (including phenoxy) is 2. The van der Waals surface area contributed by atoms with Crippen molar-refractivity contribution in [2.24, 2.45) is 5.92 Å². The highest BCUT2D eigenvalue weighted by Crippen LogP contribution is 2.15. The number of rotatable bonds is 8. The zero-order valence-electron chi connectivity index (χ0n) is 12.8. The Kier molecular flexibility index (Phi) is 7.61. The van der Waals surface area contributed by atoms with Gasteiger partial charge < -0.3 is 9.47 Å². The first-order valence-electron chi connectivity index (χ1n) is 6.85. The van der Waals surface area contributed by atoms with Gasteiger partial charge in [0.1, 0.15) is 5.78 Å². The second kappa shape index (κ2) is 9.19. The summed E-state index contributed by atoms with van der Waals surface area (Å²) in [7, 11) is 2.30. The van der Waals surface area contributed by atoms with Crippen molar-refractivity contribution in [2.75, 3.05) is 14.2 Å². The number of hydrogen-bond acceptors (Lipinski definition) is 6. The van der Waals surface area contributed by atoms with Crippen LogP contribution in [0.25, 0.3) is 0 Å². The topological polar surface area (TPSA) is 86.7 Å². The van der Waals surface area contributed by atoms with Gasteiger partial charge in [-0.25, -0.2) is 0 Å². The van der Waals surface area contributed by atoms with E-state index in [4.69, 9.17) is 0 Å². The number of hydrogen-bond donors (Lipinski definition) is 0. The van der Waals surface area contributed by atoms with E-state index in [1.54, 1.807) is 24.3 Å². The standard InChI is InChI=1S/C16H17BrO6/c1-22-15(20)13(16(21)23-2)8-7-12(18)9-14(19)10-3-5-11(17)6-4-10/h3-6,13H,7-9H2,1-2H3. The molecule has 0 aliphatic carbocycles. The van der Waals surface area contributed by atoms with E-state index in [2.05, 4.69) is 25.4 Å². The summed E-state index contributed by atoms with van der Waals surface area (Å²) >= 11 is 3.26. The minimum absolute atomic E-state index is 0.0498. The third kappa shape index (κ3) is 5.94. The molecule has 0 radical (unpaired) electrons. The number of ketones is 2. The second-order valence-electron chi connectivity index (χ2n) is 4.78. The SMILES string of the molecule is COC(=O)C(CCC(=O)CC(=O)c1ccc(Br)cc1)C(=O)OC. The van der Waals surface area contributed by atoms with E-state index in [1.165, 1.54) is 0 Å². The molecule has 0 saturated heterocycles. The number of esters is 2. The monoisotopic (exact) mass is 384 g/mol. The van der Waals surface area contributed by atoms with Crippen LogP contribution in [-0.2, 0) is 23.9 Å². The zero-order valence-corrected chi connectivity index (χ0v) is 14.4. The first-order chi connectivity index (χ1) is 10.9. The maximum absolute atomic E-state index is 12.0. The molecule has 1 rings (SSSR count). The fourth-order valence-electron chi connectivity index (χ4n) is 1.93. The highest BCUT2D eigenvalue weighted by molar-refractivity contribution is 9.10. The summed E-state index contributed by atoms with van der Waals surface area (Å²) in [5.41, 5.74) is 0.430. The predicted molar refractivity (Wildman–Crippen MR) is 84.9 cm³/mol. The Labute approximate surface area is 142 Å². The van der Waals surface area contributed by atoms with E-state index in [9.17, 15) is 19.2 Å². The van der Waals surface area contributed by atoms with Gasteiger partial charge in [0.15, 0.2) is 11.7 Å². The van der Waals surface area contributed by atoms with Crippen molar-refractivity contribution in [3.63, 3.8) is 0 Å². The zero-order chi connectivity index (χ0) is 17.4. The van der Waals surface area contributed by atoms with Gasteiger partial charge in [-0.3, -0.25) is 19.2 Å². The Morgan fingerprint density at radius 3 is 2.00 bits per heavy atom. The average Bonchev–Trinajstić information content (AvgIpc) is 2.54. The van der Waals surface area contributed by atoms with Crippen LogP contribution in [0, 0.1) is 5.92 Å². The highest BCUT2D eigenvalue weighted by Gasteiger charge is 2.29. The van der Waals surface area contributed by atoms with Gasteiger partial charge >= 0.3 is 11.9 Å². The van der Waals surface area contributed by atoms with Crippen LogP contribution in [0.5, 0.6) is 0 Å². The summed E-state index contributed by atoms with van der Waals surface area (Å²) < 4.78 is 9.85. The van der Waals surface area contributed by atoms with E-state index in [0.29, 0.717) is 5.56 Å². The Balaban J connectivity index is 2.58. The lowest BCUT2D eigenvalue weighted by atomic mass is 9.98. The summed E-state index contributed by atoms with van der Waals surface area (Å²) in [6, 6.07) is 6.65. The molecule has 0 heterocycles. The lowest BCUT2D eigenvalue weighted by Gasteiger charge is -2.11. The minimum Gasteiger partial charge on any atom is -0.468 e. The van der Waals surface area contributed by atoms with Gasteiger partial charge in [0.2, 0.25) is 0 Å². The summed E-state index contributed by atoms with van der Waals surface area (Å²) in [5.74, 6) is -3.34. The van der Waals surface area contributed by atoms with Crippen molar-refractivity contribution >= 4 is 39.4 Å². The van der Waals surface area contributed by atoms with E-state index in [0.717, 1.165) is 18.7 Å². The van der Waals surface area contributed by atoms with Gasteiger partial charge in [0, 0.05) is 16.5 Å². The van der Waals surface area contributed by atoms with Crippen LogP contribution in [0.1, 0.15) is 29.6 Å².